The minimum Gasteiger partial charge on any atom is -0.341 e. The first kappa shape index (κ1) is 20.9. The molecular weight excluding hydrogens is 395 g/mol. The van der Waals surface area contributed by atoms with E-state index in [0.29, 0.717) is 41.9 Å². The van der Waals surface area contributed by atoms with E-state index in [1.807, 2.05) is 30.3 Å². The number of aryl methyl sites for hydroxylation is 2. The van der Waals surface area contributed by atoms with Gasteiger partial charge in [-0.1, -0.05) is 30.3 Å². The molecule has 0 bridgehead atoms. The number of aromatic nitrogens is 2. The number of fused-ring (bicyclic) bond motifs is 1. The Labute approximate surface area is 180 Å². The molecule has 1 fully saturated rings. The van der Waals surface area contributed by atoms with Crippen LogP contribution in [0.15, 0.2) is 42.5 Å². The van der Waals surface area contributed by atoms with E-state index in [-0.39, 0.29) is 11.5 Å². The normalized spacial score (nSPS) is 14.6. The van der Waals surface area contributed by atoms with Crippen LogP contribution in [0.5, 0.6) is 0 Å². The fraction of sp³-hybridized carbons (Fsp3) is 0.333. The van der Waals surface area contributed by atoms with Crippen LogP contribution in [0, 0.1) is 19.7 Å². The maximum atomic E-state index is 14.3. The zero-order valence-corrected chi connectivity index (χ0v) is 17.7. The molecule has 0 saturated carbocycles. The average Bonchev–Trinajstić information content (AvgIpc) is 3.29. The molecule has 2 amide bonds. The molecule has 160 valence electrons. The quantitative estimate of drug-likeness (QED) is 0.687. The number of rotatable bonds is 5. The maximum absolute atomic E-state index is 14.3. The van der Waals surface area contributed by atoms with Gasteiger partial charge in [0, 0.05) is 25.6 Å². The van der Waals surface area contributed by atoms with E-state index in [0.717, 1.165) is 24.5 Å². The van der Waals surface area contributed by atoms with Gasteiger partial charge in [-0.3, -0.25) is 9.59 Å². The highest BCUT2D eigenvalue weighted by Crippen LogP contribution is 2.20. The van der Waals surface area contributed by atoms with Crippen LogP contribution >= 0.6 is 0 Å². The Kier molecular flexibility index (Phi) is 5.93. The molecular formula is C24H25FN4O2. The molecule has 1 aliphatic rings. The Morgan fingerprint density at radius 1 is 1.06 bits per heavy atom. The van der Waals surface area contributed by atoms with Crippen molar-refractivity contribution >= 4 is 22.8 Å². The first-order chi connectivity index (χ1) is 14.9. The molecule has 1 atom stereocenters. The number of nitrogens with zero attached hydrogens (tertiary/aromatic N) is 3. The number of hydrogen-bond acceptors (Lipinski definition) is 4. The number of halogens is 1. The predicted octanol–water partition coefficient (Wildman–Crippen LogP) is 3.35. The van der Waals surface area contributed by atoms with Gasteiger partial charge >= 0.3 is 0 Å². The van der Waals surface area contributed by atoms with Gasteiger partial charge in [-0.25, -0.2) is 14.4 Å². The molecule has 4 rings (SSSR count). The largest absolute Gasteiger partial charge is 0.341 e. The van der Waals surface area contributed by atoms with E-state index in [1.165, 1.54) is 6.07 Å². The van der Waals surface area contributed by atoms with Crippen LogP contribution < -0.4 is 5.32 Å². The summed E-state index contributed by atoms with van der Waals surface area (Å²) in [6.07, 6.45) is 2.28. The summed E-state index contributed by atoms with van der Waals surface area (Å²) in [5.41, 5.74) is 3.01. The molecule has 1 aliphatic heterocycles. The monoisotopic (exact) mass is 420 g/mol. The first-order valence-corrected chi connectivity index (χ1v) is 10.5. The van der Waals surface area contributed by atoms with Gasteiger partial charge < -0.3 is 10.2 Å². The van der Waals surface area contributed by atoms with Crippen LogP contribution in [-0.4, -0.2) is 45.8 Å². The Hall–Kier alpha value is -3.35. The highest BCUT2D eigenvalue weighted by Gasteiger charge is 2.29. The minimum atomic E-state index is -0.745. The maximum Gasteiger partial charge on any atom is 0.254 e. The lowest BCUT2D eigenvalue weighted by atomic mass is 10.0. The van der Waals surface area contributed by atoms with E-state index in [4.69, 9.17) is 0 Å². The molecule has 0 aliphatic carbocycles. The topological polar surface area (TPSA) is 75.2 Å². The van der Waals surface area contributed by atoms with Crippen LogP contribution in [0.2, 0.25) is 0 Å². The van der Waals surface area contributed by atoms with E-state index in [1.54, 1.807) is 18.7 Å². The lowest BCUT2D eigenvalue weighted by molar-refractivity contribution is -0.132. The zero-order chi connectivity index (χ0) is 22.0. The molecule has 0 spiro atoms. The summed E-state index contributed by atoms with van der Waals surface area (Å²) in [4.78, 5) is 37.0. The Morgan fingerprint density at radius 2 is 1.74 bits per heavy atom. The number of hydrogen-bond donors (Lipinski definition) is 1. The summed E-state index contributed by atoms with van der Waals surface area (Å²) >= 11 is 0. The molecule has 1 N–H and O–H groups in total. The second-order valence-corrected chi connectivity index (χ2v) is 7.96. The van der Waals surface area contributed by atoms with E-state index < -0.39 is 17.8 Å². The molecule has 1 aromatic heterocycles. The van der Waals surface area contributed by atoms with Gasteiger partial charge in [0.2, 0.25) is 5.91 Å². The number of likely N-dealkylation sites (tertiary alicyclic amines) is 1. The second kappa shape index (κ2) is 8.79. The Balaban J connectivity index is 1.67. The summed E-state index contributed by atoms with van der Waals surface area (Å²) in [5.74, 6) is -1.22. The average molecular weight is 420 g/mol. The SMILES string of the molecule is Cc1nc2cc(F)cc(C(=O)NC(Cc3ccccc3)C(=O)N3CCCC3)c2nc1C. The van der Waals surface area contributed by atoms with Crippen molar-refractivity contribution in [1.29, 1.82) is 0 Å². The van der Waals surface area contributed by atoms with Gasteiger partial charge in [0.1, 0.15) is 17.4 Å². The van der Waals surface area contributed by atoms with Gasteiger partial charge in [0.25, 0.3) is 5.91 Å². The van der Waals surface area contributed by atoms with Gasteiger partial charge in [-0.2, -0.15) is 0 Å². The third-order valence-corrected chi connectivity index (χ3v) is 5.69. The lowest BCUT2D eigenvalue weighted by Crippen LogP contribution is -2.49. The van der Waals surface area contributed by atoms with E-state index in [2.05, 4.69) is 15.3 Å². The molecule has 7 heteroatoms. The second-order valence-electron chi connectivity index (χ2n) is 7.96. The van der Waals surface area contributed by atoms with Gasteiger partial charge in [-0.15, -0.1) is 0 Å². The molecule has 1 unspecified atom stereocenters. The molecule has 6 nitrogen and oxygen atoms in total. The molecule has 31 heavy (non-hydrogen) atoms. The van der Waals surface area contributed by atoms with E-state index >= 15 is 0 Å². The number of amides is 2. The fourth-order valence-corrected chi connectivity index (χ4v) is 3.91. The van der Waals surface area contributed by atoms with Crippen molar-refractivity contribution in [3.05, 3.63) is 70.8 Å². The summed E-state index contributed by atoms with van der Waals surface area (Å²) in [7, 11) is 0. The van der Waals surface area contributed by atoms with Crippen molar-refractivity contribution in [3.63, 3.8) is 0 Å². The number of nitrogens with one attached hydrogen (secondary N) is 1. The van der Waals surface area contributed by atoms with Crippen LogP contribution in [-0.2, 0) is 11.2 Å². The zero-order valence-electron chi connectivity index (χ0n) is 17.7. The molecule has 3 aromatic rings. The molecule has 2 aromatic carbocycles. The molecule has 0 radical (unpaired) electrons. The number of carbonyl (C=O) groups is 2. The summed E-state index contributed by atoms with van der Waals surface area (Å²) in [6.45, 7) is 4.96. The van der Waals surface area contributed by atoms with Gasteiger partial charge in [0.15, 0.2) is 0 Å². The van der Waals surface area contributed by atoms with Crippen molar-refractivity contribution in [2.24, 2.45) is 0 Å². The third kappa shape index (κ3) is 4.55. The summed E-state index contributed by atoms with van der Waals surface area (Å²) in [6, 6.07) is 11.2. The Bertz CT molecular complexity index is 1130. The van der Waals surface area contributed by atoms with Crippen LogP contribution in [0.1, 0.15) is 40.2 Å². The summed E-state index contributed by atoms with van der Waals surface area (Å²) < 4.78 is 14.3. The number of carbonyl (C=O) groups excluding carboxylic acids is 2. The third-order valence-electron chi connectivity index (χ3n) is 5.69. The highest BCUT2D eigenvalue weighted by atomic mass is 19.1. The summed E-state index contributed by atoms with van der Waals surface area (Å²) in [5, 5.41) is 2.85. The molecule has 1 saturated heterocycles. The van der Waals surface area contributed by atoms with Crippen LogP contribution in [0.3, 0.4) is 0 Å². The standard InChI is InChI=1S/C24H25FN4O2/c1-15-16(2)27-22-19(13-18(25)14-20(22)26-15)23(30)28-21(12-17-8-4-3-5-9-17)24(31)29-10-6-7-11-29/h3-5,8-9,13-14,21H,6-7,10-12H2,1-2H3,(H,28,30). The smallest absolute Gasteiger partial charge is 0.254 e. The first-order valence-electron chi connectivity index (χ1n) is 10.5. The van der Waals surface area contributed by atoms with Crippen molar-refractivity contribution in [1.82, 2.24) is 20.2 Å². The van der Waals surface area contributed by atoms with Crippen molar-refractivity contribution in [2.45, 2.75) is 39.2 Å². The van der Waals surface area contributed by atoms with Crippen LogP contribution in [0.4, 0.5) is 4.39 Å². The Morgan fingerprint density at radius 3 is 2.45 bits per heavy atom. The van der Waals surface area contributed by atoms with Crippen molar-refractivity contribution in [3.8, 4) is 0 Å². The minimum absolute atomic E-state index is 0.0814. The number of benzene rings is 2. The van der Waals surface area contributed by atoms with Crippen molar-refractivity contribution < 1.29 is 14.0 Å². The van der Waals surface area contributed by atoms with Gasteiger partial charge in [-0.05, 0) is 38.3 Å². The van der Waals surface area contributed by atoms with Crippen LogP contribution in [0.25, 0.3) is 11.0 Å². The predicted molar refractivity (Wildman–Crippen MR) is 116 cm³/mol. The van der Waals surface area contributed by atoms with Crippen molar-refractivity contribution in [2.75, 3.05) is 13.1 Å². The van der Waals surface area contributed by atoms with E-state index in [9.17, 15) is 14.0 Å². The lowest BCUT2D eigenvalue weighted by Gasteiger charge is -2.24. The van der Waals surface area contributed by atoms with Gasteiger partial charge in [0.05, 0.1) is 22.5 Å². The molecule has 2 heterocycles. The highest BCUT2D eigenvalue weighted by molar-refractivity contribution is 6.06. The fourth-order valence-electron chi connectivity index (χ4n) is 3.91.